The van der Waals surface area contributed by atoms with E-state index in [1.165, 1.54) is 16.4 Å². The lowest BCUT2D eigenvalue weighted by molar-refractivity contribution is -0.121. The molecule has 0 saturated carbocycles. The molecule has 8 nitrogen and oxygen atoms in total. The number of rotatable bonds is 10. The van der Waals surface area contributed by atoms with Crippen LogP contribution in [0.2, 0.25) is 0 Å². The normalized spacial score (nSPS) is 15.0. The minimum absolute atomic E-state index is 0.0883. The minimum Gasteiger partial charge on any atom is -0.355 e. The van der Waals surface area contributed by atoms with Gasteiger partial charge >= 0.3 is 0 Å². The smallest absolute Gasteiger partial charge is 0.243 e. The number of hydrogen-bond donors (Lipinski definition) is 2. The van der Waals surface area contributed by atoms with Gasteiger partial charge in [-0.2, -0.15) is 4.31 Å². The molecule has 0 aliphatic carbocycles. The van der Waals surface area contributed by atoms with Crippen molar-refractivity contribution in [1.29, 1.82) is 0 Å². The molecule has 10 heteroatoms. The van der Waals surface area contributed by atoms with Gasteiger partial charge in [-0.25, -0.2) is 21.6 Å². The van der Waals surface area contributed by atoms with E-state index in [0.717, 1.165) is 24.0 Å². The zero-order valence-electron chi connectivity index (χ0n) is 18.1. The molecule has 0 unspecified atom stereocenters. The summed E-state index contributed by atoms with van der Waals surface area (Å²) in [7, 11) is -7.04. The van der Waals surface area contributed by atoms with Crippen molar-refractivity contribution in [1.82, 2.24) is 14.3 Å². The monoisotopic (exact) mass is 479 g/mol. The van der Waals surface area contributed by atoms with E-state index < -0.39 is 20.0 Å². The Bertz CT molecular complexity index is 1120. The molecule has 1 saturated heterocycles. The van der Waals surface area contributed by atoms with Crippen LogP contribution in [0.1, 0.15) is 30.4 Å². The second-order valence-corrected chi connectivity index (χ2v) is 11.5. The topological polar surface area (TPSA) is 113 Å². The highest BCUT2D eigenvalue weighted by molar-refractivity contribution is 7.89. The van der Waals surface area contributed by atoms with Gasteiger partial charge in [0.2, 0.25) is 26.0 Å². The van der Waals surface area contributed by atoms with Gasteiger partial charge in [0.25, 0.3) is 0 Å². The molecule has 1 amide bonds. The number of nitrogens with zero attached hydrogens (tertiary/aromatic N) is 1. The Kier molecular flexibility index (Phi) is 8.05. The molecule has 3 rings (SSSR count). The van der Waals surface area contributed by atoms with E-state index in [1.54, 1.807) is 36.4 Å². The molecule has 1 heterocycles. The second-order valence-electron chi connectivity index (χ2n) is 7.82. The van der Waals surface area contributed by atoms with Crippen molar-refractivity contribution in [3.05, 3.63) is 59.7 Å². The molecule has 1 fully saturated rings. The third-order valence-electron chi connectivity index (χ3n) is 5.34. The highest BCUT2D eigenvalue weighted by atomic mass is 32.2. The summed E-state index contributed by atoms with van der Waals surface area (Å²) in [6.45, 7) is 3.27. The van der Waals surface area contributed by atoms with Crippen molar-refractivity contribution in [3.63, 3.8) is 0 Å². The standard InChI is InChI=1S/C22H29N3O5S2/c1-18-4-9-20(10-5-18)31(27,28)24-15-14-23-22(26)13-8-19-6-11-21(12-7-19)32(29,30)25-16-2-3-17-25/h4-7,9-12,24H,2-3,8,13-17H2,1H3,(H,23,26). The average Bonchev–Trinajstić information content (AvgIpc) is 3.32. The number of sulfonamides is 2. The van der Waals surface area contributed by atoms with Crippen LogP contribution in [0.3, 0.4) is 0 Å². The summed E-state index contributed by atoms with van der Waals surface area (Å²) in [4.78, 5) is 12.5. The Labute approximate surface area is 190 Å². The molecule has 0 spiro atoms. The predicted octanol–water partition coefficient (Wildman–Crippen LogP) is 1.81. The van der Waals surface area contributed by atoms with E-state index in [4.69, 9.17) is 0 Å². The third-order valence-corrected chi connectivity index (χ3v) is 8.73. The number of benzene rings is 2. The highest BCUT2D eigenvalue weighted by Gasteiger charge is 2.26. The summed E-state index contributed by atoms with van der Waals surface area (Å²) in [6.07, 6.45) is 2.47. The van der Waals surface area contributed by atoms with Crippen LogP contribution < -0.4 is 10.0 Å². The molecule has 2 aromatic carbocycles. The van der Waals surface area contributed by atoms with Gasteiger partial charge in [0, 0.05) is 32.6 Å². The van der Waals surface area contributed by atoms with Gasteiger partial charge in [-0.3, -0.25) is 4.79 Å². The van der Waals surface area contributed by atoms with Crippen LogP contribution in [0.5, 0.6) is 0 Å². The summed E-state index contributed by atoms with van der Waals surface area (Å²) in [6, 6.07) is 13.2. The molecule has 2 aromatic rings. The SMILES string of the molecule is Cc1ccc(S(=O)(=O)NCCNC(=O)CCc2ccc(S(=O)(=O)N3CCCC3)cc2)cc1. The van der Waals surface area contributed by atoms with Crippen LogP contribution in [-0.2, 0) is 31.3 Å². The number of carbonyl (C=O) groups excluding carboxylic acids is 1. The summed E-state index contributed by atoms with van der Waals surface area (Å²) in [5.74, 6) is -0.201. The molecule has 0 atom stereocenters. The second kappa shape index (κ2) is 10.6. The van der Waals surface area contributed by atoms with Gasteiger partial charge in [-0.1, -0.05) is 29.8 Å². The fourth-order valence-electron chi connectivity index (χ4n) is 3.44. The number of aryl methyl sites for hydroxylation is 2. The fourth-order valence-corrected chi connectivity index (χ4v) is 5.99. The van der Waals surface area contributed by atoms with Crippen molar-refractivity contribution in [2.24, 2.45) is 0 Å². The van der Waals surface area contributed by atoms with Crippen LogP contribution in [0, 0.1) is 6.92 Å². The maximum atomic E-state index is 12.5. The van der Waals surface area contributed by atoms with E-state index in [2.05, 4.69) is 10.0 Å². The Morgan fingerprint density at radius 1 is 0.875 bits per heavy atom. The third kappa shape index (κ3) is 6.38. The van der Waals surface area contributed by atoms with Gasteiger partial charge in [-0.05, 0) is 56.0 Å². The minimum atomic E-state index is -3.61. The Morgan fingerprint density at radius 3 is 2.09 bits per heavy atom. The largest absolute Gasteiger partial charge is 0.355 e. The zero-order chi connectivity index (χ0) is 23.2. The van der Waals surface area contributed by atoms with Crippen LogP contribution >= 0.6 is 0 Å². The van der Waals surface area contributed by atoms with Gasteiger partial charge < -0.3 is 5.32 Å². The van der Waals surface area contributed by atoms with E-state index in [0.29, 0.717) is 19.5 Å². The van der Waals surface area contributed by atoms with E-state index in [1.807, 2.05) is 6.92 Å². The van der Waals surface area contributed by atoms with Gasteiger partial charge in [0.1, 0.15) is 0 Å². The first-order chi connectivity index (χ1) is 15.2. The van der Waals surface area contributed by atoms with Crippen LogP contribution in [0.4, 0.5) is 0 Å². The molecule has 0 bridgehead atoms. The Hall–Kier alpha value is -2.27. The van der Waals surface area contributed by atoms with Crippen LogP contribution in [0.25, 0.3) is 0 Å². The van der Waals surface area contributed by atoms with Crippen LogP contribution in [0.15, 0.2) is 58.3 Å². The summed E-state index contributed by atoms with van der Waals surface area (Å²) in [5, 5.41) is 2.69. The maximum Gasteiger partial charge on any atom is 0.243 e. The molecule has 1 aliphatic rings. The fraction of sp³-hybridized carbons (Fsp3) is 0.409. The predicted molar refractivity (Wildman–Crippen MR) is 122 cm³/mol. The molecule has 32 heavy (non-hydrogen) atoms. The first-order valence-electron chi connectivity index (χ1n) is 10.6. The van der Waals surface area contributed by atoms with Crippen LogP contribution in [-0.4, -0.2) is 53.2 Å². The number of carbonyl (C=O) groups is 1. The number of amides is 1. The lowest BCUT2D eigenvalue weighted by Gasteiger charge is -2.15. The average molecular weight is 480 g/mol. The molecule has 0 radical (unpaired) electrons. The molecule has 0 aromatic heterocycles. The molecular formula is C22H29N3O5S2. The highest BCUT2D eigenvalue weighted by Crippen LogP contribution is 2.21. The van der Waals surface area contributed by atoms with Crippen molar-refractivity contribution in [3.8, 4) is 0 Å². The lowest BCUT2D eigenvalue weighted by atomic mass is 10.1. The zero-order valence-corrected chi connectivity index (χ0v) is 19.7. The lowest BCUT2D eigenvalue weighted by Crippen LogP contribution is -2.34. The molecule has 174 valence electrons. The molecular weight excluding hydrogens is 450 g/mol. The van der Waals surface area contributed by atoms with Gasteiger partial charge in [0.05, 0.1) is 9.79 Å². The Morgan fingerprint density at radius 2 is 1.47 bits per heavy atom. The van der Waals surface area contributed by atoms with E-state index in [-0.39, 0.29) is 35.2 Å². The van der Waals surface area contributed by atoms with Crippen molar-refractivity contribution in [2.75, 3.05) is 26.2 Å². The quantitative estimate of drug-likeness (QED) is 0.505. The summed E-state index contributed by atoms with van der Waals surface area (Å²) in [5.41, 5.74) is 1.83. The first kappa shape index (κ1) is 24.4. The molecule has 2 N–H and O–H groups in total. The maximum absolute atomic E-state index is 12.5. The van der Waals surface area contributed by atoms with E-state index >= 15 is 0 Å². The van der Waals surface area contributed by atoms with E-state index in [9.17, 15) is 21.6 Å². The van der Waals surface area contributed by atoms with Gasteiger partial charge in [-0.15, -0.1) is 0 Å². The van der Waals surface area contributed by atoms with Crippen molar-refractivity contribution in [2.45, 2.75) is 42.4 Å². The van der Waals surface area contributed by atoms with Crippen molar-refractivity contribution >= 4 is 26.0 Å². The van der Waals surface area contributed by atoms with Gasteiger partial charge in [0.15, 0.2) is 0 Å². The Balaban J connectivity index is 1.40. The van der Waals surface area contributed by atoms with Crippen molar-refractivity contribution < 1.29 is 21.6 Å². The number of hydrogen-bond acceptors (Lipinski definition) is 5. The molecule has 1 aliphatic heterocycles. The summed E-state index contributed by atoms with van der Waals surface area (Å²) < 4.78 is 53.5. The first-order valence-corrected chi connectivity index (χ1v) is 13.5. The summed E-state index contributed by atoms with van der Waals surface area (Å²) >= 11 is 0. The number of nitrogens with one attached hydrogen (secondary N) is 2.